The molecule has 0 radical (unpaired) electrons. The molecule has 5 heteroatoms. The van der Waals surface area contributed by atoms with Gasteiger partial charge < -0.3 is 15.4 Å². The molecule has 1 saturated heterocycles. The molecule has 4 nitrogen and oxygen atoms in total. The highest BCUT2D eigenvalue weighted by atomic mass is 79.9. The number of hydrogen-bond donors (Lipinski definition) is 2. The molecular weight excluding hydrogens is 296 g/mol. The third-order valence-electron chi connectivity index (χ3n) is 3.00. The zero-order valence-electron chi connectivity index (χ0n) is 10.3. The highest BCUT2D eigenvalue weighted by Crippen LogP contribution is 2.21. The first kappa shape index (κ1) is 13.4. The SMILES string of the molecule is C[C@@H](NC(=O)Nc1ccccc1Br)[C@@H]1CCCO1. The summed E-state index contributed by atoms with van der Waals surface area (Å²) in [5.41, 5.74) is 0.759. The van der Waals surface area contributed by atoms with E-state index in [2.05, 4.69) is 26.6 Å². The standard InChI is InChI=1S/C13H17BrN2O2/c1-9(12-7-4-8-18-12)15-13(17)16-11-6-3-2-5-10(11)14/h2-3,5-6,9,12H,4,7-8H2,1H3,(H2,15,16,17)/t9-,12+/m1/s1. The van der Waals surface area contributed by atoms with Crippen molar-refractivity contribution in [3.63, 3.8) is 0 Å². The summed E-state index contributed by atoms with van der Waals surface area (Å²) in [7, 11) is 0. The van der Waals surface area contributed by atoms with Crippen LogP contribution in [0.3, 0.4) is 0 Å². The van der Waals surface area contributed by atoms with Gasteiger partial charge in [0, 0.05) is 11.1 Å². The fourth-order valence-corrected chi connectivity index (χ4v) is 2.40. The lowest BCUT2D eigenvalue weighted by Gasteiger charge is -2.20. The second kappa shape index (κ2) is 6.20. The third kappa shape index (κ3) is 3.46. The molecule has 2 N–H and O–H groups in total. The smallest absolute Gasteiger partial charge is 0.319 e. The number of halogens is 1. The molecule has 2 rings (SSSR count). The molecule has 0 saturated carbocycles. The number of para-hydroxylation sites is 1. The van der Waals surface area contributed by atoms with Gasteiger partial charge in [-0.1, -0.05) is 12.1 Å². The highest BCUT2D eigenvalue weighted by Gasteiger charge is 2.23. The number of amides is 2. The first-order valence-corrected chi connectivity index (χ1v) is 6.90. The van der Waals surface area contributed by atoms with Gasteiger partial charge in [-0.2, -0.15) is 0 Å². The molecule has 2 atom stereocenters. The Morgan fingerprint density at radius 2 is 2.28 bits per heavy atom. The molecule has 2 amide bonds. The maximum absolute atomic E-state index is 11.8. The molecule has 0 aliphatic carbocycles. The van der Waals surface area contributed by atoms with Crippen molar-refractivity contribution in [2.45, 2.75) is 31.9 Å². The van der Waals surface area contributed by atoms with Gasteiger partial charge in [-0.3, -0.25) is 0 Å². The number of ether oxygens (including phenoxy) is 1. The van der Waals surface area contributed by atoms with Gasteiger partial charge in [0.2, 0.25) is 0 Å². The fraction of sp³-hybridized carbons (Fsp3) is 0.462. The lowest BCUT2D eigenvalue weighted by atomic mass is 10.1. The van der Waals surface area contributed by atoms with Gasteiger partial charge in [-0.05, 0) is 47.8 Å². The fourth-order valence-electron chi connectivity index (χ4n) is 2.02. The van der Waals surface area contributed by atoms with Gasteiger partial charge >= 0.3 is 6.03 Å². The Labute approximate surface area is 115 Å². The number of carbonyl (C=O) groups excluding carboxylic acids is 1. The molecule has 1 heterocycles. The average Bonchev–Trinajstić information content (AvgIpc) is 2.85. The summed E-state index contributed by atoms with van der Waals surface area (Å²) in [5, 5.41) is 5.71. The maximum atomic E-state index is 11.8. The summed E-state index contributed by atoms with van der Waals surface area (Å²) >= 11 is 3.39. The number of benzene rings is 1. The van der Waals surface area contributed by atoms with Crippen LogP contribution in [0.4, 0.5) is 10.5 Å². The number of carbonyl (C=O) groups is 1. The van der Waals surface area contributed by atoms with E-state index in [0.29, 0.717) is 0 Å². The van der Waals surface area contributed by atoms with E-state index in [1.165, 1.54) is 0 Å². The monoisotopic (exact) mass is 312 g/mol. The number of anilines is 1. The minimum Gasteiger partial charge on any atom is -0.376 e. The lowest BCUT2D eigenvalue weighted by molar-refractivity contribution is 0.0868. The number of nitrogens with one attached hydrogen (secondary N) is 2. The number of urea groups is 1. The summed E-state index contributed by atoms with van der Waals surface area (Å²) in [6, 6.07) is 7.34. The van der Waals surface area contributed by atoms with E-state index in [-0.39, 0.29) is 18.2 Å². The van der Waals surface area contributed by atoms with Gasteiger partial charge in [-0.15, -0.1) is 0 Å². The van der Waals surface area contributed by atoms with Crippen LogP contribution in [0.5, 0.6) is 0 Å². The van der Waals surface area contributed by atoms with Crippen LogP contribution in [0.1, 0.15) is 19.8 Å². The van der Waals surface area contributed by atoms with E-state index in [4.69, 9.17) is 4.74 Å². The van der Waals surface area contributed by atoms with Crippen LogP contribution >= 0.6 is 15.9 Å². The predicted molar refractivity (Wildman–Crippen MR) is 74.7 cm³/mol. The van der Waals surface area contributed by atoms with E-state index in [1.807, 2.05) is 31.2 Å². The van der Waals surface area contributed by atoms with E-state index in [9.17, 15) is 4.79 Å². The van der Waals surface area contributed by atoms with Gasteiger partial charge in [-0.25, -0.2) is 4.79 Å². The van der Waals surface area contributed by atoms with Gasteiger partial charge in [0.25, 0.3) is 0 Å². The normalized spacial score (nSPS) is 20.4. The predicted octanol–water partition coefficient (Wildman–Crippen LogP) is 3.14. The van der Waals surface area contributed by atoms with Crippen LogP contribution in [-0.2, 0) is 4.74 Å². The van der Waals surface area contributed by atoms with Crippen molar-refractivity contribution >= 4 is 27.6 Å². The van der Waals surface area contributed by atoms with Crippen LogP contribution in [-0.4, -0.2) is 24.8 Å². The van der Waals surface area contributed by atoms with Crippen molar-refractivity contribution in [2.24, 2.45) is 0 Å². The van der Waals surface area contributed by atoms with Crippen molar-refractivity contribution in [1.29, 1.82) is 0 Å². The number of hydrogen-bond acceptors (Lipinski definition) is 2. The molecule has 98 valence electrons. The Bertz CT molecular complexity index is 419. The second-order valence-corrected chi connectivity index (χ2v) is 5.27. The third-order valence-corrected chi connectivity index (χ3v) is 3.69. The van der Waals surface area contributed by atoms with Crippen molar-refractivity contribution in [3.8, 4) is 0 Å². The lowest BCUT2D eigenvalue weighted by Crippen LogP contribution is -2.43. The van der Waals surface area contributed by atoms with E-state index >= 15 is 0 Å². The molecule has 0 unspecified atom stereocenters. The summed E-state index contributed by atoms with van der Waals surface area (Å²) in [4.78, 5) is 11.8. The molecular formula is C13H17BrN2O2. The van der Waals surface area contributed by atoms with Gasteiger partial charge in [0.05, 0.1) is 17.8 Å². The van der Waals surface area contributed by atoms with E-state index < -0.39 is 0 Å². The Morgan fingerprint density at radius 3 is 2.94 bits per heavy atom. The van der Waals surface area contributed by atoms with Crippen LogP contribution in [0, 0.1) is 0 Å². The minimum absolute atomic E-state index is 0.0231. The van der Waals surface area contributed by atoms with Crippen molar-refractivity contribution in [3.05, 3.63) is 28.7 Å². The molecule has 0 aromatic heterocycles. The van der Waals surface area contributed by atoms with Crippen LogP contribution < -0.4 is 10.6 Å². The largest absolute Gasteiger partial charge is 0.376 e. The topological polar surface area (TPSA) is 50.4 Å². The molecule has 1 aromatic rings. The Kier molecular flexibility index (Phi) is 4.60. The zero-order valence-corrected chi connectivity index (χ0v) is 11.9. The molecule has 1 fully saturated rings. The zero-order chi connectivity index (χ0) is 13.0. The van der Waals surface area contributed by atoms with Crippen molar-refractivity contribution < 1.29 is 9.53 Å². The molecule has 1 aliphatic rings. The highest BCUT2D eigenvalue weighted by molar-refractivity contribution is 9.10. The number of rotatable bonds is 3. The Hall–Kier alpha value is -1.07. The molecule has 0 spiro atoms. The Morgan fingerprint density at radius 1 is 1.50 bits per heavy atom. The summed E-state index contributed by atoms with van der Waals surface area (Å²) < 4.78 is 6.40. The minimum atomic E-state index is -0.204. The Balaban J connectivity index is 1.86. The molecule has 1 aliphatic heterocycles. The first-order valence-electron chi connectivity index (χ1n) is 6.10. The summed E-state index contributed by atoms with van der Waals surface area (Å²) in [6.45, 7) is 2.76. The summed E-state index contributed by atoms with van der Waals surface area (Å²) in [5.74, 6) is 0. The molecule has 0 bridgehead atoms. The van der Waals surface area contributed by atoms with Crippen LogP contribution in [0.2, 0.25) is 0 Å². The van der Waals surface area contributed by atoms with Gasteiger partial charge in [0.1, 0.15) is 0 Å². The van der Waals surface area contributed by atoms with Gasteiger partial charge in [0.15, 0.2) is 0 Å². The van der Waals surface area contributed by atoms with Crippen LogP contribution in [0.15, 0.2) is 28.7 Å². The van der Waals surface area contributed by atoms with Crippen molar-refractivity contribution in [2.75, 3.05) is 11.9 Å². The first-order chi connectivity index (χ1) is 8.66. The summed E-state index contributed by atoms with van der Waals surface area (Å²) in [6.07, 6.45) is 2.22. The second-order valence-electron chi connectivity index (χ2n) is 4.42. The molecule has 18 heavy (non-hydrogen) atoms. The molecule has 1 aromatic carbocycles. The van der Waals surface area contributed by atoms with Crippen LogP contribution in [0.25, 0.3) is 0 Å². The maximum Gasteiger partial charge on any atom is 0.319 e. The van der Waals surface area contributed by atoms with E-state index in [1.54, 1.807) is 0 Å². The van der Waals surface area contributed by atoms with Crippen molar-refractivity contribution in [1.82, 2.24) is 5.32 Å². The quantitative estimate of drug-likeness (QED) is 0.901. The van der Waals surface area contributed by atoms with E-state index in [0.717, 1.165) is 29.6 Å². The average molecular weight is 313 g/mol.